The van der Waals surface area contributed by atoms with Gasteiger partial charge in [-0.3, -0.25) is 4.79 Å². The number of hydrogen-bond acceptors (Lipinski definition) is 5. The minimum absolute atomic E-state index is 0.0998. The molecule has 2 aromatic rings. The van der Waals surface area contributed by atoms with Crippen LogP contribution in [0.15, 0.2) is 59.5 Å². The molecule has 162 valence electrons. The molecule has 9 heteroatoms. The van der Waals surface area contributed by atoms with Crippen LogP contribution in [0, 0.1) is 0 Å². The highest BCUT2D eigenvalue weighted by molar-refractivity contribution is 7.98. The molecule has 1 aliphatic heterocycles. The van der Waals surface area contributed by atoms with Gasteiger partial charge in [-0.25, -0.2) is 8.42 Å². The summed E-state index contributed by atoms with van der Waals surface area (Å²) in [6.07, 6.45) is 2.37. The molecular weight excluding hydrogens is 442 g/mol. The van der Waals surface area contributed by atoms with E-state index in [9.17, 15) is 13.2 Å². The monoisotopic (exact) mass is 467 g/mol. The van der Waals surface area contributed by atoms with Crippen LogP contribution in [0.25, 0.3) is 0 Å². The lowest BCUT2D eigenvalue weighted by atomic mass is 10.2. The van der Waals surface area contributed by atoms with Gasteiger partial charge in [0.2, 0.25) is 15.9 Å². The van der Waals surface area contributed by atoms with Gasteiger partial charge in [0.25, 0.3) is 0 Å². The number of para-hydroxylation sites is 1. The molecule has 1 N–H and O–H groups in total. The highest BCUT2D eigenvalue weighted by Crippen LogP contribution is 2.18. The molecule has 6 nitrogen and oxygen atoms in total. The zero-order valence-corrected chi connectivity index (χ0v) is 19.2. The summed E-state index contributed by atoms with van der Waals surface area (Å²) in [4.78, 5) is 17.3. The van der Waals surface area contributed by atoms with Crippen molar-refractivity contribution in [3.63, 3.8) is 0 Å². The number of piperazine rings is 1. The Labute approximate surface area is 187 Å². The number of hydrogen-bond donors (Lipinski definition) is 1. The van der Waals surface area contributed by atoms with Crippen molar-refractivity contribution in [3.05, 3.63) is 59.6 Å². The molecule has 1 atom stereocenters. The molecule has 1 aliphatic rings. The first-order chi connectivity index (χ1) is 14.4. The number of sulfonamides is 1. The fraction of sp³-hybridized carbons (Fsp3) is 0.381. The second-order valence-electron chi connectivity index (χ2n) is 7.06. The van der Waals surface area contributed by atoms with Crippen LogP contribution in [0.5, 0.6) is 0 Å². The number of nitrogens with zero attached hydrogens (tertiary/aromatic N) is 2. The predicted molar refractivity (Wildman–Crippen MR) is 124 cm³/mol. The third-order valence-electron chi connectivity index (χ3n) is 5.04. The number of nitrogens with one attached hydrogen (secondary N) is 1. The second-order valence-corrected chi connectivity index (χ2v) is 10.2. The first kappa shape index (κ1) is 22.9. The maximum absolute atomic E-state index is 13.2. The van der Waals surface area contributed by atoms with Gasteiger partial charge in [0.1, 0.15) is 6.04 Å². The summed E-state index contributed by atoms with van der Waals surface area (Å²) in [5.74, 6) is 0.512. The summed E-state index contributed by atoms with van der Waals surface area (Å²) in [5.41, 5.74) is 1.13. The standard InChI is InChI=1S/C21H26ClN3O3S2/c1-29-16-11-20(23-30(27,28)19-9-7-17(22)8-10-19)21(26)25-14-12-24(13-15-25)18-5-3-2-4-6-18/h2-10,20,23H,11-16H2,1H3/t20-/m1/s1. The quantitative estimate of drug-likeness (QED) is 0.646. The first-order valence-corrected chi connectivity index (χ1v) is 13.0. The van der Waals surface area contributed by atoms with E-state index in [4.69, 9.17) is 11.6 Å². The maximum atomic E-state index is 13.2. The van der Waals surface area contributed by atoms with Crippen LogP contribution < -0.4 is 9.62 Å². The molecule has 2 aromatic carbocycles. The van der Waals surface area contributed by atoms with Crippen molar-refractivity contribution in [2.45, 2.75) is 17.4 Å². The summed E-state index contributed by atoms with van der Waals surface area (Å²) in [6.45, 7) is 2.56. The average Bonchev–Trinajstić information content (AvgIpc) is 2.77. The van der Waals surface area contributed by atoms with Crippen LogP contribution in [-0.2, 0) is 14.8 Å². The van der Waals surface area contributed by atoms with Crippen molar-refractivity contribution in [3.8, 4) is 0 Å². The Hall–Kier alpha value is -1.74. The second kappa shape index (κ2) is 10.5. The molecule has 30 heavy (non-hydrogen) atoms. The molecule has 0 radical (unpaired) electrons. The lowest BCUT2D eigenvalue weighted by molar-refractivity contribution is -0.133. The molecule has 0 spiro atoms. The van der Waals surface area contributed by atoms with Crippen molar-refractivity contribution < 1.29 is 13.2 Å². The SMILES string of the molecule is CSCC[C@@H](NS(=O)(=O)c1ccc(Cl)cc1)C(=O)N1CCN(c2ccccc2)CC1. The van der Waals surface area contributed by atoms with Gasteiger partial charge in [0, 0.05) is 36.9 Å². The summed E-state index contributed by atoms with van der Waals surface area (Å²) in [7, 11) is -3.82. The van der Waals surface area contributed by atoms with Gasteiger partial charge in [-0.2, -0.15) is 16.5 Å². The molecule has 0 unspecified atom stereocenters. The molecule has 1 saturated heterocycles. The van der Waals surface area contributed by atoms with E-state index in [-0.39, 0.29) is 10.8 Å². The highest BCUT2D eigenvalue weighted by Gasteiger charge is 2.31. The fourth-order valence-electron chi connectivity index (χ4n) is 3.38. The molecule has 1 amide bonds. The van der Waals surface area contributed by atoms with Gasteiger partial charge in [-0.1, -0.05) is 29.8 Å². The normalized spacial score (nSPS) is 15.8. The van der Waals surface area contributed by atoms with Gasteiger partial charge in [0.15, 0.2) is 0 Å². The van der Waals surface area contributed by atoms with E-state index in [0.717, 1.165) is 18.8 Å². The van der Waals surface area contributed by atoms with Crippen LogP contribution in [-0.4, -0.2) is 63.5 Å². The number of carbonyl (C=O) groups excluding carboxylic acids is 1. The Bertz CT molecular complexity index is 932. The van der Waals surface area contributed by atoms with E-state index < -0.39 is 16.1 Å². The molecular formula is C21H26ClN3O3S2. The zero-order chi connectivity index (χ0) is 21.6. The lowest BCUT2D eigenvalue weighted by Gasteiger charge is -2.37. The molecule has 0 aromatic heterocycles. The number of thioether (sulfide) groups is 1. The molecule has 0 saturated carbocycles. The van der Waals surface area contributed by atoms with Crippen LogP contribution in [0.1, 0.15) is 6.42 Å². The van der Waals surface area contributed by atoms with Gasteiger partial charge >= 0.3 is 0 Å². The summed E-state index contributed by atoms with van der Waals surface area (Å²) < 4.78 is 28.2. The topological polar surface area (TPSA) is 69.7 Å². The van der Waals surface area contributed by atoms with Crippen LogP contribution >= 0.6 is 23.4 Å². The Morgan fingerprint density at radius 1 is 1.07 bits per heavy atom. The zero-order valence-electron chi connectivity index (χ0n) is 16.8. The molecule has 1 fully saturated rings. The number of benzene rings is 2. The number of anilines is 1. The van der Waals surface area contributed by atoms with Crippen molar-refractivity contribution in [2.24, 2.45) is 0 Å². The minimum atomic E-state index is -3.82. The van der Waals surface area contributed by atoms with E-state index in [1.807, 2.05) is 24.5 Å². The number of halogens is 1. The van der Waals surface area contributed by atoms with E-state index >= 15 is 0 Å². The number of carbonyl (C=O) groups is 1. The molecule has 0 bridgehead atoms. The van der Waals surface area contributed by atoms with Gasteiger partial charge in [-0.05, 0) is 54.8 Å². The van der Waals surface area contributed by atoms with Crippen molar-refractivity contribution in [2.75, 3.05) is 43.1 Å². The highest BCUT2D eigenvalue weighted by atomic mass is 35.5. The van der Waals surface area contributed by atoms with Crippen molar-refractivity contribution in [1.82, 2.24) is 9.62 Å². The molecule has 3 rings (SSSR count). The van der Waals surface area contributed by atoms with Gasteiger partial charge < -0.3 is 9.80 Å². The van der Waals surface area contributed by atoms with Gasteiger partial charge in [0.05, 0.1) is 4.90 Å². The smallest absolute Gasteiger partial charge is 0.241 e. The number of rotatable bonds is 8. The van der Waals surface area contributed by atoms with E-state index in [1.54, 1.807) is 16.7 Å². The summed E-state index contributed by atoms with van der Waals surface area (Å²) >= 11 is 7.45. The van der Waals surface area contributed by atoms with Crippen LogP contribution in [0.2, 0.25) is 5.02 Å². The Morgan fingerprint density at radius 3 is 2.30 bits per heavy atom. The Morgan fingerprint density at radius 2 is 1.70 bits per heavy atom. The third kappa shape index (κ3) is 5.91. The maximum Gasteiger partial charge on any atom is 0.241 e. The fourth-order valence-corrected chi connectivity index (χ4v) is 5.20. The molecule has 0 aliphatic carbocycles. The van der Waals surface area contributed by atoms with E-state index in [2.05, 4.69) is 21.8 Å². The van der Waals surface area contributed by atoms with Crippen molar-refractivity contribution in [1.29, 1.82) is 0 Å². The first-order valence-electron chi connectivity index (χ1n) is 9.76. The average molecular weight is 468 g/mol. The lowest BCUT2D eigenvalue weighted by Crippen LogP contribution is -2.55. The van der Waals surface area contributed by atoms with Crippen LogP contribution in [0.4, 0.5) is 5.69 Å². The Balaban J connectivity index is 1.67. The Kier molecular flexibility index (Phi) is 8.05. The summed E-state index contributed by atoms with van der Waals surface area (Å²) in [5, 5.41) is 0.459. The van der Waals surface area contributed by atoms with Crippen LogP contribution in [0.3, 0.4) is 0 Å². The number of amides is 1. The van der Waals surface area contributed by atoms with E-state index in [1.165, 1.54) is 24.3 Å². The molecule has 1 heterocycles. The van der Waals surface area contributed by atoms with Gasteiger partial charge in [-0.15, -0.1) is 0 Å². The minimum Gasteiger partial charge on any atom is -0.368 e. The predicted octanol–water partition coefficient (Wildman–Crippen LogP) is 3.09. The van der Waals surface area contributed by atoms with E-state index in [0.29, 0.717) is 30.3 Å². The third-order valence-corrected chi connectivity index (χ3v) is 7.43. The van der Waals surface area contributed by atoms with Crippen molar-refractivity contribution >= 4 is 45.0 Å². The summed E-state index contributed by atoms with van der Waals surface area (Å²) in [6, 6.07) is 15.2. The largest absolute Gasteiger partial charge is 0.368 e.